The Balaban J connectivity index is 1.63. The first kappa shape index (κ1) is 16.6. The number of aromatic nitrogens is 1. The molecule has 2 heterocycles. The fraction of sp³-hybridized carbons (Fsp3) is 0.444. The van der Waals surface area contributed by atoms with Gasteiger partial charge in [0, 0.05) is 43.5 Å². The number of carbonyl (C=O) groups excluding carboxylic acids is 1. The van der Waals surface area contributed by atoms with E-state index in [1.807, 2.05) is 17.0 Å². The van der Waals surface area contributed by atoms with E-state index in [-0.39, 0.29) is 17.8 Å². The first-order chi connectivity index (χ1) is 11.7. The number of rotatable bonds is 5. The summed E-state index contributed by atoms with van der Waals surface area (Å²) in [5, 5.41) is 4.27. The number of carbonyl (C=O) groups is 1. The second-order valence-corrected chi connectivity index (χ2v) is 6.04. The molecule has 0 atom stereocenters. The molecule has 0 aliphatic carbocycles. The third-order valence-corrected chi connectivity index (χ3v) is 4.45. The number of likely N-dealkylation sites (tertiary alicyclic amines) is 1. The summed E-state index contributed by atoms with van der Waals surface area (Å²) in [5.74, 6) is -0.165. The van der Waals surface area contributed by atoms with Crippen molar-refractivity contribution in [2.75, 3.05) is 32.1 Å². The zero-order valence-electron chi connectivity index (χ0n) is 13.8. The van der Waals surface area contributed by atoms with Crippen molar-refractivity contribution in [2.45, 2.75) is 25.3 Å². The maximum absolute atomic E-state index is 13.8. The molecule has 0 unspecified atom stereocenters. The highest BCUT2D eigenvalue weighted by Gasteiger charge is 2.22. The van der Waals surface area contributed by atoms with Gasteiger partial charge >= 0.3 is 0 Å². The summed E-state index contributed by atoms with van der Waals surface area (Å²) in [6.45, 7) is 1.93. The number of benzene rings is 1. The number of anilines is 1. The Morgan fingerprint density at radius 2 is 2.17 bits per heavy atom. The highest BCUT2D eigenvalue weighted by atomic mass is 19.1. The predicted molar refractivity (Wildman–Crippen MR) is 91.4 cm³/mol. The second kappa shape index (κ2) is 7.57. The minimum Gasteiger partial charge on any atom is -0.384 e. The average Bonchev–Trinajstić information content (AvgIpc) is 2.61. The Morgan fingerprint density at radius 3 is 2.92 bits per heavy atom. The number of amides is 1. The van der Waals surface area contributed by atoms with Gasteiger partial charge in [-0.05, 0) is 25.0 Å². The van der Waals surface area contributed by atoms with E-state index in [4.69, 9.17) is 4.74 Å². The third-order valence-electron chi connectivity index (χ3n) is 4.45. The number of hydrogen-bond donors (Lipinski definition) is 1. The molecule has 0 bridgehead atoms. The van der Waals surface area contributed by atoms with Gasteiger partial charge in [0.1, 0.15) is 11.3 Å². The number of hydrogen-bond acceptors (Lipinski definition) is 4. The molecule has 5 nitrogen and oxygen atoms in total. The minimum absolute atomic E-state index is 0.145. The van der Waals surface area contributed by atoms with Gasteiger partial charge in [-0.3, -0.25) is 9.78 Å². The van der Waals surface area contributed by atoms with Crippen LogP contribution >= 0.6 is 0 Å². The maximum Gasteiger partial charge on any atom is 0.224 e. The van der Waals surface area contributed by atoms with Crippen LogP contribution in [0.15, 0.2) is 30.5 Å². The van der Waals surface area contributed by atoms with Gasteiger partial charge in [0.25, 0.3) is 0 Å². The van der Waals surface area contributed by atoms with Crippen LogP contribution < -0.4 is 5.32 Å². The van der Waals surface area contributed by atoms with Crippen LogP contribution in [0.2, 0.25) is 0 Å². The van der Waals surface area contributed by atoms with E-state index in [2.05, 4.69) is 10.3 Å². The lowest BCUT2D eigenvalue weighted by Crippen LogP contribution is -2.42. The fourth-order valence-electron chi connectivity index (χ4n) is 3.11. The van der Waals surface area contributed by atoms with Gasteiger partial charge in [-0.2, -0.15) is 0 Å². The monoisotopic (exact) mass is 331 g/mol. The molecule has 1 aromatic carbocycles. The second-order valence-electron chi connectivity index (χ2n) is 6.04. The van der Waals surface area contributed by atoms with Crippen LogP contribution in [-0.4, -0.2) is 48.6 Å². The Bertz CT molecular complexity index is 714. The largest absolute Gasteiger partial charge is 0.384 e. The highest BCUT2D eigenvalue weighted by Crippen LogP contribution is 2.25. The Morgan fingerprint density at radius 1 is 1.38 bits per heavy atom. The summed E-state index contributed by atoms with van der Waals surface area (Å²) in [6, 6.07) is 7.13. The SMILES string of the molecule is COCCC(=O)N1CCC(Nc2ccnc3c(F)cccc23)CC1. The molecule has 128 valence electrons. The number of piperidine rings is 1. The number of para-hydroxylation sites is 1. The minimum atomic E-state index is -0.310. The van der Waals surface area contributed by atoms with Crippen LogP contribution in [0, 0.1) is 5.82 Å². The molecule has 1 aliphatic rings. The molecule has 3 rings (SSSR count). The third kappa shape index (κ3) is 3.64. The topological polar surface area (TPSA) is 54.5 Å². The number of fused-ring (bicyclic) bond motifs is 1. The van der Waals surface area contributed by atoms with E-state index in [1.54, 1.807) is 19.4 Å². The molecule has 1 fully saturated rings. The zero-order chi connectivity index (χ0) is 16.9. The number of halogens is 1. The smallest absolute Gasteiger partial charge is 0.224 e. The molecule has 1 amide bonds. The lowest BCUT2D eigenvalue weighted by atomic mass is 10.0. The van der Waals surface area contributed by atoms with E-state index in [0.29, 0.717) is 18.5 Å². The van der Waals surface area contributed by atoms with Gasteiger partial charge in [-0.15, -0.1) is 0 Å². The Labute approximate surface area is 140 Å². The molecular formula is C18H22FN3O2. The van der Waals surface area contributed by atoms with Crippen molar-refractivity contribution in [3.63, 3.8) is 0 Å². The summed E-state index contributed by atoms with van der Waals surface area (Å²) >= 11 is 0. The van der Waals surface area contributed by atoms with Gasteiger partial charge in [0.15, 0.2) is 0 Å². The average molecular weight is 331 g/mol. The van der Waals surface area contributed by atoms with Gasteiger partial charge in [-0.25, -0.2) is 4.39 Å². The highest BCUT2D eigenvalue weighted by molar-refractivity contribution is 5.91. The van der Waals surface area contributed by atoms with Crippen molar-refractivity contribution in [3.05, 3.63) is 36.3 Å². The van der Waals surface area contributed by atoms with Gasteiger partial charge in [0.05, 0.1) is 13.0 Å². The molecule has 1 aromatic heterocycles. The van der Waals surface area contributed by atoms with Crippen molar-refractivity contribution in [3.8, 4) is 0 Å². The molecule has 2 aromatic rings. The zero-order valence-corrected chi connectivity index (χ0v) is 13.8. The molecule has 1 N–H and O–H groups in total. The van der Waals surface area contributed by atoms with Crippen LogP contribution in [0.3, 0.4) is 0 Å². The van der Waals surface area contributed by atoms with E-state index in [9.17, 15) is 9.18 Å². The van der Waals surface area contributed by atoms with Crippen molar-refractivity contribution >= 4 is 22.5 Å². The van der Waals surface area contributed by atoms with Gasteiger partial charge in [0.2, 0.25) is 5.91 Å². The molecule has 24 heavy (non-hydrogen) atoms. The molecule has 0 radical (unpaired) electrons. The maximum atomic E-state index is 13.8. The molecular weight excluding hydrogens is 309 g/mol. The Hall–Kier alpha value is -2.21. The van der Waals surface area contributed by atoms with E-state index in [0.717, 1.165) is 37.0 Å². The standard InChI is InChI=1S/C18H22FN3O2/c1-24-12-8-17(23)22-10-6-13(7-11-22)21-16-5-9-20-18-14(16)3-2-4-15(18)19/h2-5,9,13H,6-8,10-12H2,1H3,(H,20,21). The van der Waals surface area contributed by atoms with E-state index < -0.39 is 0 Å². The van der Waals surface area contributed by atoms with E-state index in [1.165, 1.54) is 6.07 Å². The summed E-state index contributed by atoms with van der Waals surface area (Å²) in [4.78, 5) is 18.0. The normalized spacial score (nSPS) is 15.7. The lowest BCUT2D eigenvalue weighted by Gasteiger charge is -2.33. The number of methoxy groups -OCH3 is 1. The molecule has 6 heteroatoms. The molecule has 1 saturated heterocycles. The van der Waals surface area contributed by atoms with Gasteiger partial charge in [-0.1, -0.05) is 12.1 Å². The number of pyridine rings is 1. The summed E-state index contributed by atoms with van der Waals surface area (Å²) < 4.78 is 18.8. The molecule has 0 spiro atoms. The van der Waals surface area contributed by atoms with Crippen LogP contribution in [0.1, 0.15) is 19.3 Å². The lowest BCUT2D eigenvalue weighted by molar-refractivity contribution is -0.133. The quantitative estimate of drug-likeness (QED) is 0.915. The molecule has 1 aliphatic heterocycles. The van der Waals surface area contributed by atoms with Crippen LogP contribution in [0.5, 0.6) is 0 Å². The summed E-state index contributed by atoms with van der Waals surface area (Å²) in [7, 11) is 1.60. The number of ether oxygens (including phenoxy) is 1. The van der Waals surface area contributed by atoms with Crippen LogP contribution in [-0.2, 0) is 9.53 Å². The van der Waals surface area contributed by atoms with Crippen molar-refractivity contribution in [1.29, 1.82) is 0 Å². The first-order valence-electron chi connectivity index (χ1n) is 8.25. The Kier molecular flexibility index (Phi) is 5.25. The van der Waals surface area contributed by atoms with Crippen molar-refractivity contribution in [2.24, 2.45) is 0 Å². The number of nitrogens with zero attached hydrogens (tertiary/aromatic N) is 2. The van der Waals surface area contributed by atoms with E-state index >= 15 is 0 Å². The van der Waals surface area contributed by atoms with Crippen molar-refractivity contribution < 1.29 is 13.9 Å². The fourth-order valence-corrected chi connectivity index (χ4v) is 3.11. The predicted octanol–water partition coefficient (Wildman–Crippen LogP) is 2.81. The summed E-state index contributed by atoms with van der Waals surface area (Å²) in [6.07, 6.45) is 3.80. The van der Waals surface area contributed by atoms with Gasteiger partial charge < -0.3 is 15.0 Å². The molecule has 0 saturated carbocycles. The van der Waals surface area contributed by atoms with Crippen LogP contribution in [0.25, 0.3) is 10.9 Å². The van der Waals surface area contributed by atoms with Crippen molar-refractivity contribution in [1.82, 2.24) is 9.88 Å². The first-order valence-corrected chi connectivity index (χ1v) is 8.25. The summed E-state index contributed by atoms with van der Waals surface area (Å²) in [5.41, 5.74) is 1.28. The number of nitrogens with one attached hydrogen (secondary N) is 1. The van der Waals surface area contributed by atoms with Crippen LogP contribution in [0.4, 0.5) is 10.1 Å².